The van der Waals surface area contributed by atoms with E-state index in [9.17, 15) is 9.59 Å². The molecule has 0 spiro atoms. The molecule has 20 heavy (non-hydrogen) atoms. The molecule has 2 heterocycles. The Morgan fingerprint density at radius 1 is 1.40 bits per heavy atom. The number of nitrogens with one attached hydrogen (secondary N) is 1. The lowest BCUT2D eigenvalue weighted by molar-refractivity contribution is 0.102. The van der Waals surface area contributed by atoms with E-state index in [0.29, 0.717) is 12.2 Å². The lowest BCUT2D eigenvalue weighted by Gasteiger charge is -2.08. The molecule has 2 aromatic heterocycles. The van der Waals surface area contributed by atoms with E-state index in [2.05, 4.69) is 15.3 Å². The monoisotopic (exact) mass is 292 g/mol. The molecule has 0 atom stereocenters. The Morgan fingerprint density at radius 3 is 2.90 bits per heavy atom. The second-order valence-corrected chi connectivity index (χ2v) is 4.52. The van der Waals surface area contributed by atoms with Crippen LogP contribution in [0.1, 0.15) is 23.8 Å². The molecule has 6 nitrogen and oxygen atoms in total. The van der Waals surface area contributed by atoms with Crippen molar-refractivity contribution >= 4 is 23.2 Å². The van der Waals surface area contributed by atoms with E-state index < -0.39 is 5.91 Å². The summed E-state index contributed by atoms with van der Waals surface area (Å²) in [5, 5.41) is 2.80. The smallest absolute Gasteiger partial charge is 0.275 e. The first-order valence-corrected chi connectivity index (χ1v) is 6.47. The molecule has 0 unspecified atom stereocenters. The Kier molecular flexibility index (Phi) is 4.47. The number of carbonyl (C=O) groups is 1. The van der Waals surface area contributed by atoms with Crippen LogP contribution in [0.25, 0.3) is 0 Å². The molecular weight excluding hydrogens is 280 g/mol. The van der Waals surface area contributed by atoms with Crippen LogP contribution in [0.4, 0.5) is 5.69 Å². The predicted octanol–water partition coefficient (Wildman–Crippen LogP) is 1.95. The summed E-state index contributed by atoms with van der Waals surface area (Å²) in [6.07, 6.45) is 5.10. The third kappa shape index (κ3) is 3.42. The van der Waals surface area contributed by atoms with Gasteiger partial charge in [0.2, 0.25) is 0 Å². The zero-order chi connectivity index (χ0) is 14.5. The van der Waals surface area contributed by atoms with Gasteiger partial charge < -0.3 is 9.88 Å². The number of amides is 1. The van der Waals surface area contributed by atoms with Crippen LogP contribution in [0.2, 0.25) is 5.15 Å². The molecule has 2 aromatic rings. The van der Waals surface area contributed by atoms with Crippen LogP contribution in [0.3, 0.4) is 0 Å². The maximum absolute atomic E-state index is 12.0. The Balaban J connectivity index is 2.19. The fraction of sp³-hybridized carbons (Fsp3) is 0.231. The van der Waals surface area contributed by atoms with E-state index in [1.54, 1.807) is 16.8 Å². The minimum atomic E-state index is -0.429. The average Bonchev–Trinajstić information content (AvgIpc) is 2.43. The zero-order valence-electron chi connectivity index (χ0n) is 10.8. The standard InChI is InChI=1S/C13H13ClN4O2/c1-2-5-18-8-9(3-4-12(18)19)16-13(20)10-6-15-7-11(14)17-10/h3-4,6-8H,2,5H2,1H3,(H,16,20). The van der Waals surface area contributed by atoms with Gasteiger partial charge in [0.1, 0.15) is 10.8 Å². The van der Waals surface area contributed by atoms with Crippen molar-refractivity contribution in [1.29, 1.82) is 0 Å². The van der Waals surface area contributed by atoms with E-state index >= 15 is 0 Å². The van der Waals surface area contributed by atoms with Crippen LogP contribution >= 0.6 is 11.6 Å². The number of anilines is 1. The average molecular weight is 293 g/mol. The lowest BCUT2D eigenvalue weighted by atomic mass is 10.3. The van der Waals surface area contributed by atoms with Gasteiger partial charge in [-0.25, -0.2) is 4.98 Å². The van der Waals surface area contributed by atoms with Gasteiger partial charge in [-0.15, -0.1) is 0 Å². The Labute approximate surface area is 120 Å². The van der Waals surface area contributed by atoms with Gasteiger partial charge in [-0.1, -0.05) is 18.5 Å². The number of hydrogen-bond acceptors (Lipinski definition) is 4. The van der Waals surface area contributed by atoms with Crippen LogP contribution < -0.4 is 10.9 Å². The summed E-state index contributed by atoms with van der Waals surface area (Å²) >= 11 is 5.68. The molecule has 1 amide bonds. The van der Waals surface area contributed by atoms with Crippen molar-refractivity contribution in [1.82, 2.24) is 14.5 Å². The number of rotatable bonds is 4. The molecule has 0 saturated heterocycles. The largest absolute Gasteiger partial charge is 0.319 e. The molecule has 0 aromatic carbocycles. The molecule has 104 valence electrons. The summed E-state index contributed by atoms with van der Waals surface area (Å²) in [6.45, 7) is 2.57. The summed E-state index contributed by atoms with van der Waals surface area (Å²) in [7, 11) is 0. The molecular formula is C13H13ClN4O2. The van der Waals surface area contributed by atoms with Gasteiger partial charge in [-0.2, -0.15) is 0 Å². The van der Waals surface area contributed by atoms with E-state index in [-0.39, 0.29) is 16.4 Å². The number of aromatic nitrogens is 3. The van der Waals surface area contributed by atoms with E-state index in [1.165, 1.54) is 18.5 Å². The van der Waals surface area contributed by atoms with Crippen LogP contribution in [-0.4, -0.2) is 20.4 Å². The number of aryl methyl sites for hydroxylation is 1. The number of halogens is 1. The summed E-state index contributed by atoms with van der Waals surface area (Å²) in [6, 6.07) is 2.96. The first-order chi connectivity index (χ1) is 9.60. The topological polar surface area (TPSA) is 76.9 Å². The molecule has 1 N–H and O–H groups in total. The molecule has 0 bridgehead atoms. The van der Waals surface area contributed by atoms with Gasteiger partial charge in [-0.05, 0) is 12.5 Å². The zero-order valence-corrected chi connectivity index (χ0v) is 11.6. The fourth-order valence-corrected chi connectivity index (χ4v) is 1.82. The molecule has 2 rings (SSSR count). The minimum Gasteiger partial charge on any atom is -0.319 e. The van der Waals surface area contributed by atoms with Crippen molar-refractivity contribution in [2.75, 3.05) is 5.32 Å². The first-order valence-electron chi connectivity index (χ1n) is 6.09. The summed E-state index contributed by atoms with van der Waals surface area (Å²) in [5.74, 6) is -0.429. The van der Waals surface area contributed by atoms with Gasteiger partial charge in [0.05, 0.1) is 18.1 Å². The molecule has 7 heteroatoms. The van der Waals surface area contributed by atoms with Crippen molar-refractivity contribution in [3.8, 4) is 0 Å². The summed E-state index contributed by atoms with van der Waals surface area (Å²) < 4.78 is 1.54. The molecule has 0 saturated carbocycles. The molecule has 0 fully saturated rings. The number of nitrogens with zero attached hydrogens (tertiary/aromatic N) is 3. The highest BCUT2D eigenvalue weighted by atomic mass is 35.5. The molecule has 0 aliphatic carbocycles. The van der Waals surface area contributed by atoms with Gasteiger partial charge in [0.15, 0.2) is 0 Å². The van der Waals surface area contributed by atoms with E-state index in [0.717, 1.165) is 6.42 Å². The maximum Gasteiger partial charge on any atom is 0.275 e. The number of pyridine rings is 1. The quantitative estimate of drug-likeness (QED) is 0.934. The van der Waals surface area contributed by atoms with Crippen LogP contribution in [-0.2, 0) is 6.54 Å². The van der Waals surface area contributed by atoms with Gasteiger partial charge in [0, 0.05) is 18.8 Å². The van der Waals surface area contributed by atoms with Crippen molar-refractivity contribution in [3.63, 3.8) is 0 Å². The van der Waals surface area contributed by atoms with Gasteiger partial charge in [0.25, 0.3) is 11.5 Å². The van der Waals surface area contributed by atoms with Gasteiger partial charge in [-0.3, -0.25) is 14.6 Å². The third-order valence-electron chi connectivity index (χ3n) is 2.54. The Morgan fingerprint density at radius 2 is 2.20 bits per heavy atom. The normalized spacial score (nSPS) is 10.3. The van der Waals surface area contributed by atoms with Crippen molar-refractivity contribution < 1.29 is 4.79 Å². The molecule has 0 aliphatic rings. The van der Waals surface area contributed by atoms with E-state index in [4.69, 9.17) is 11.6 Å². The minimum absolute atomic E-state index is 0.104. The maximum atomic E-state index is 12.0. The summed E-state index contributed by atoms with van der Waals surface area (Å²) in [4.78, 5) is 31.2. The molecule has 0 radical (unpaired) electrons. The third-order valence-corrected chi connectivity index (χ3v) is 2.73. The highest BCUT2D eigenvalue weighted by Gasteiger charge is 2.09. The highest BCUT2D eigenvalue weighted by Crippen LogP contribution is 2.08. The van der Waals surface area contributed by atoms with Crippen LogP contribution in [0.5, 0.6) is 0 Å². The Bertz CT molecular complexity index is 684. The van der Waals surface area contributed by atoms with Crippen LogP contribution in [0.15, 0.2) is 35.5 Å². The summed E-state index contributed by atoms with van der Waals surface area (Å²) in [5.41, 5.74) is 0.531. The number of hydrogen-bond donors (Lipinski definition) is 1. The fourth-order valence-electron chi connectivity index (χ4n) is 1.67. The van der Waals surface area contributed by atoms with Crippen molar-refractivity contribution in [2.45, 2.75) is 19.9 Å². The number of carbonyl (C=O) groups excluding carboxylic acids is 1. The van der Waals surface area contributed by atoms with Gasteiger partial charge >= 0.3 is 0 Å². The Hall–Kier alpha value is -2.21. The second-order valence-electron chi connectivity index (χ2n) is 4.13. The van der Waals surface area contributed by atoms with Crippen molar-refractivity contribution in [3.05, 3.63) is 51.9 Å². The van der Waals surface area contributed by atoms with Crippen molar-refractivity contribution in [2.24, 2.45) is 0 Å². The highest BCUT2D eigenvalue weighted by molar-refractivity contribution is 6.29. The molecule has 0 aliphatic heterocycles. The SMILES string of the molecule is CCCn1cc(NC(=O)c2cncc(Cl)n2)ccc1=O. The van der Waals surface area contributed by atoms with E-state index in [1.807, 2.05) is 6.92 Å². The second kappa shape index (κ2) is 6.29. The predicted molar refractivity (Wildman–Crippen MR) is 76.0 cm³/mol. The lowest BCUT2D eigenvalue weighted by Crippen LogP contribution is -2.21. The van der Waals surface area contributed by atoms with Crippen LogP contribution in [0, 0.1) is 0 Å². The first kappa shape index (κ1) is 14.2.